The zero-order valence-corrected chi connectivity index (χ0v) is 20.9. The van der Waals surface area contributed by atoms with Crippen LogP contribution in [0.1, 0.15) is 11.1 Å². The molecule has 168 valence electrons. The van der Waals surface area contributed by atoms with E-state index in [-0.39, 0.29) is 11.3 Å². The normalized spacial score (nSPS) is 11.2. The largest absolute Gasteiger partial charge is 0.487 e. The smallest absolute Gasteiger partial charge is 0.266 e. The van der Waals surface area contributed by atoms with Gasteiger partial charge < -0.3 is 10.1 Å². The molecule has 0 aliphatic heterocycles. The lowest BCUT2D eigenvalue weighted by molar-refractivity contribution is -0.112. The third-order valence-electron chi connectivity index (χ3n) is 5.07. The number of nitrogens with zero attached hydrogens (tertiary/aromatic N) is 1. The van der Waals surface area contributed by atoms with Crippen molar-refractivity contribution < 1.29 is 13.9 Å². The summed E-state index contributed by atoms with van der Waals surface area (Å²) >= 11 is 7.03. The summed E-state index contributed by atoms with van der Waals surface area (Å²) < 4.78 is 21.2. The fourth-order valence-corrected chi connectivity index (χ4v) is 4.89. The Labute approximate surface area is 212 Å². The van der Waals surface area contributed by atoms with Crippen LogP contribution in [0.4, 0.5) is 10.1 Å². The number of nitriles is 1. The Hall–Kier alpha value is -3.47. The molecule has 34 heavy (non-hydrogen) atoms. The third kappa shape index (κ3) is 5.36. The zero-order chi connectivity index (χ0) is 24.1. The highest BCUT2D eigenvalue weighted by molar-refractivity contribution is 9.11. The van der Waals surface area contributed by atoms with Crippen molar-refractivity contribution in [3.05, 3.63) is 110 Å². The number of rotatable bonds is 6. The molecular weight excluding hydrogens is 563 g/mol. The lowest BCUT2D eigenvalue weighted by Crippen LogP contribution is -2.14. The molecule has 0 aliphatic carbocycles. The summed E-state index contributed by atoms with van der Waals surface area (Å²) in [5.41, 5.74) is 1.49. The SMILES string of the molecule is N#C/C(=C/c1cc(Br)c(OCc2cccc3ccccc23)c(Br)c1)C(=O)Nc1ccccc1F. The van der Waals surface area contributed by atoms with E-state index in [1.54, 1.807) is 18.2 Å². The predicted molar refractivity (Wildman–Crippen MR) is 139 cm³/mol. The van der Waals surface area contributed by atoms with Gasteiger partial charge in [0.15, 0.2) is 0 Å². The van der Waals surface area contributed by atoms with Gasteiger partial charge in [0.05, 0.1) is 14.6 Å². The van der Waals surface area contributed by atoms with Crippen LogP contribution < -0.4 is 10.1 Å². The van der Waals surface area contributed by atoms with Gasteiger partial charge in [-0.1, -0.05) is 54.6 Å². The maximum Gasteiger partial charge on any atom is 0.266 e. The second-order valence-electron chi connectivity index (χ2n) is 7.34. The minimum Gasteiger partial charge on any atom is -0.487 e. The van der Waals surface area contributed by atoms with Crippen LogP contribution in [-0.4, -0.2) is 5.91 Å². The number of hydrogen-bond donors (Lipinski definition) is 1. The average Bonchev–Trinajstić information content (AvgIpc) is 2.83. The number of para-hydroxylation sites is 1. The molecule has 0 radical (unpaired) electrons. The Bertz CT molecular complexity index is 1430. The molecule has 1 N–H and O–H groups in total. The highest BCUT2D eigenvalue weighted by atomic mass is 79.9. The first-order chi connectivity index (χ1) is 16.5. The molecule has 4 rings (SSSR count). The van der Waals surface area contributed by atoms with Gasteiger partial charge in [0.25, 0.3) is 5.91 Å². The van der Waals surface area contributed by atoms with E-state index in [9.17, 15) is 14.4 Å². The van der Waals surface area contributed by atoms with Crippen molar-refractivity contribution in [2.24, 2.45) is 0 Å². The summed E-state index contributed by atoms with van der Waals surface area (Å²) in [5, 5.41) is 14.2. The van der Waals surface area contributed by atoms with E-state index < -0.39 is 11.7 Å². The minimum atomic E-state index is -0.698. The van der Waals surface area contributed by atoms with Crippen LogP contribution in [0.5, 0.6) is 5.75 Å². The fraction of sp³-hybridized carbons (Fsp3) is 0.0370. The molecule has 0 fully saturated rings. The number of amides is 1. The summed E-state index contributed by atoms with van der Waals surface area (Å²) in [6.45, 7) is 0.363. The number of ether oxygens (including phenoxy) is 1. The third-order valence-corrected chi connectivity index (χ3v) is 6.25. The molecule has 0 saturated heterocycles. The van der Waals surface area contributed by atoms with Crippen molar-refractivity contribution in [3.8, 4) is 11.8 Å². The number of carbonyl (C=O) groups is 1. The molecule has 4 aromatic rings. The molecule has 0 spiro atoms. The van der Waals surface area contributed by atoms with E-state index >= 15 is 0 Å². The second-order valence-corrected chi connectivity index (χ2v) is 9.05. The molecule has 0 saturated carbocycles. The van der Waals surface area contributed by atoms with Gasteiger partial charge in [0, 0.05) is 0 Å². The van der Waals surface area contributed by atoms with Crippen molar-refractivity contribution in [1.82, 2.24) is 0 Å². The van der Waals surface area contributed by atoms with E-state index in [2.05, 4.69) is 55.4 Å². The zero-order valence-electron chi connectivity index (χ0n) is 17.7. The minimum absolute atomic E-state index is 0.00759. The van der Waals surface area contributed by atoms with Gasteiger partial charge in [-0.05, 0) is 84.1 Å². The fourth-order valence-electron chi connectivity index (χ4n) is 3.44. The Balaban J connectivity index is 1.54. The predicted octanol–water partition coefficient (Wildman–Crippen LogP) is 7.63. The molecule has 0 heterocycles. The first kappa shape index (κ1) is 23.7. The van der Waals surface area contributed by atoms with Gasteiger partial charge in [-0.3, -0.25) is 4.79 Å². The second kappa shape index (κ2) is 10.6. The highest BCUT2D eigenvalue weighted by Gasteiger charge is 2.14. The van der Waals surface area contributed by atoms with Crippen LogP contribution in [0.3, 0.4) is 0 Å². The number of fused-ring (bicyclic) bond motifs is 1. The maximum absolute atomic E-state index is 13.8. The van der Waals surface area contributed by atoms with E-state index in [1.165, 1.54) is 24.3 Å². The summed E-state index contributed by atoms with van der Waals surface area (Å²) in [6.07, 6.45) is 1.43. The maximum atomic E-state index is 13.8. The number of nitrogens with one attached hydrogen (secondary N) is 1. The van der Waals surface area contributed by atoms with Crippen LogP contribution in [-0.2, 0) is 11.4 Å². The van der Waals surface area contributed by atoms with Gasteiger partial charge in [0.2, 0.25) is 0 Å². The number of anilines is 1. The first-order valence-corrected chi connectivity index (χ1v) is 11.8. The Morgan fingerprint density at radius 3 is 2.41 bits per heavy atom. The summed E-state index contributed by atoms with van der Waals surface area (Å²) in [6, 6.07) is 25.3. The monoisotopic (exact) mass is 578 g/mol. The van der Waals surface area contributed by atoms with Crippen molar-refractivity contribution in [2.45, 2.75) is 6.61 Å². The first-order valence-electron chi connectivity index (χ1n) is 10.2. The topological polar surface area (TPSA) is 62.1 Å². The lowest BCUT2D eigenvalue weighted by Gasteiger charge is -2.13. The van der Waals surface area contributed by atoms with E-state index in [0.717, 1.165) is 16.3 Å². The van der Waals surface area contributed by atoms with Gasteiger partial charge in [-0.15, -0.1) is 0 Å². The van der Waals surface area contributed by atoms with Crippen molar-refractivity contribution in [2.75, 3.05) is 5.32 Å². The van der Waals surface area contributed by atoms with Gasteiger partial charge in [0.1, 0.15) is 29.8 Å². The Kier molecular flexibility index (Phi) is 7.41. The lowest BCUT2D eigenvalue weighted by atomic mass is 10.1. The molecule has 0 atom stereocenters. The molecule has 7 heteroatoms. The number of carbonyl (C=O) groups excluding carboxylic acids is 1. The molecule has 0 bridgehead atoms. The van der Waals surface area contributed by atoms with Crippen LogP contribution in [0.2, 0.25) is 0 Å². The van der Waals surface area contributed by atoms with Crippen LogP contribution in [0.15, 0.2) is 93.4 Å². The summed E-state index contributed by atoms with van der Waals surface area (Å²) in [4.78, 5) is 12.5. The van der Waals surface area contributed by atoms with Gasteiger partial charge in [-0.25, -0.2) is 4.39 Å². The average molecular weight is 580 g/mol. The van der Waals surface area contributed by atoms with Crippen molar-refractivity contribution >= 4 is 60.3 Å². The quantitative estimate of drug-likeness (QED) is 0.189. The molecule has 0 unspecified atom stereocenters. The number of hydrogen-bond acceptors (Lipinski definition) is 3. The molecule has 0 aromatic heterocycles. The Morgan fingerprint density at radius 2 is 1.68 bits per heavy atom. The van der Waals surface area contributed by atoms with Crippen molar-refractivity contribution in [1.29, 1.82) is 5.26 Å². The molecule has 4 nitrogen and oxygen atoms in total. The van der Waals surface area contributed by atoms with Crippen LogP contribution in [0.25, 0.3) is 16.8 Å². The Morgan fingerprint density at radius 1 is 1.00 bits per heavy atom. The van der Waals surface area contributed by atoms with E-state index in [1.807, 2.05) is 30.3 Å². The van der Waals surface area contributed by atoms with Crippen LogP contribution >= 0.6 is 31.9 Å². The standard InChI is InChI=1S/C27H17Br2FN2O2/c28-22-13-17(12-20(15-31)27(33)32-25-11-4-3-10-24(25)30)14-23(29)26(22)34-16-19-8-5-7-18-6-1-2-9-21(18)19/h1-14H,16H2,(H,32,33)/b20-12-. The van der Waals surface area contributed by atoms with Crippen LogP contribution in [0, 0.1) is 17.1 Å². The highest BCUT2D eigenvalue weighted by Crippen LogP contribution is 2.36. The molecule has 4 aromatic carbocycles. The van der Waals surface area contributed by atoms with Gasteiger partial charge >= 0.3 is 0 Å². The van der Waals surface area contributed by atoms with Gasteiger partial charge in [-0.2, -0.15) is 5.26 Å². The van der Waals surface area contributed by atoms with Crippen molar-refractivity contribution in [3.63, 3.8) is 0 Å². The molecule has 0 aliphatic rings. The molecular formula is C27H17Br2FN2O2. The summed E-state index contributed by atoms with van der Waals surface area (Å²) in [7, 11) is 0. The summed E-state index contributed by atoms with van der Waals surface area (Å²) in [5.74, 6) is -0.679. The number of benzene rings is 4. The number of halogens is 3. The van der Waals surface area contributed by atoms with E-state index in [4.69, 9.17) is 4.74 Å². The van der Waals surface area contributed by atoms with E-state index in [0.29, 0.717) is 26.9 Å². The molecule has 1 amide bonds.